The third-order valence-electron chi connectivity index (χ3n) is 5.49. The Morgan fingerprint density at radius 1 is 0.900 bits per heavy atom. The predicted molar refractivity (Wildman–Crippen MR) is 120 cm³/mol. The van der Waals surface area contributed by atoms with Gasteiger partial charge in [-0.1, -0.05) is 66.7 Å². The summed E-state index contributed by atoms with van der Waals surface area (Å²) < 4.78 is 2.04. The molecule has 0 unspecified atom stereocenters. The van der Waals surface area contributed by atoms with E-state index >= 15 is 0 Å². The van der Waals surface area contributed by atoms with Crippen molar-refractivity contribution in [3.63, 3.8) is 0 Å². The zero-order chi connectivity index (χ0) is 20.5. The number of nitrogens with one attached hydrogen (secondary N) is 1. The van der Waals surface area contributed by atoms with Crippen molar-refractivity contribution in [3.05, 3.63) is 114 Å². The third-order valence-corrected chi connectivity index (χ3v) is 5.49. The Bertz CT molecular complexity index is 1340. The van der Waals surface area contributed by atoms with E-state index in [9.17, 15) is 4.79 Å². The van der Waals surface area contributed by atoms with Crippen molar-refractivity contribution in [2.75, 3.05) is 0 Å². The molecular weight excluding hydrogens is 370 g/mol. The normalized spacial score (nSPS) is 11.1. The van der Waals surface area contributed by atoms with E-state index in [0.29, 0.717) is 12.1 Å². The van der Waals surface area contributed by atoms with E-state index < -0.39 is 0 Å². The highest BCUT2D eigenvalue weighted by Crippen LogP contribution is 2.33. The minimum atomic E-state index is 0.0387. The van der Waals surface area contributed by atoms with E-state index in [1.54, 1.807) is 6.33 Å². The van der Waals surface area contributed by atoms with Crippen LogP contribution < -0.4 is 0 Å². The molecule has 0 spiro atoms. The van der Waals surface area contributed by atoms with E-state index in [2.05, 4.69) is 40.4 Å². The van der Waals surface area contributed by atoms with Crippen LogP contribution in [-0.4, -0.2) is 20.3 Å². The molecule has 3 aromatic carbocycles. The molecule has 0 aliphatic rings. The molecule has 5 aromatic rings. The van der Waals surface area contributed by atoms with Crippen molar-refractivity contribution >= 4 is 16.6 Å². The lowest BCUT2D eigenvalue weighted by Gasteiger charge is -2.09. The topological polar surface area (TPSA) is 50.7 Å². The van der Waals surface area contributed by atoms with Gasteiger partial charge in [0.05, 0.1) is 18.6 Å². The van der Waals surface area contributed by atoms with Gasteiger partial charge in [0.1, 0.15) is 0 Å². The molecule has 0 saturated heterocycles. The van der Waals surface area contributed by atoms with Crippen LogP contribution in [0.15, 0.2) is 91.6 Å². The van der Waals surface area contributed by atoms with Crippen LogP contribution in [0.2, 0.25) is 0 Å². The van der Waals surface area contributed by atoms with Gasteiger partial charge in [-0.3, -0.25) is 4.79 Å². The molecule has 0 bridgehead atoms. The monoisotopic (exact) mass is 391 g/mol. The molecule has 4 heteroatoms. The second kappa shape index (κ2) is 7.48. The number of benzene rings is 3. The summed E-state index contributed by atoms with van der Waals surface area (Å²) in [5.41, 5.74) is 5.34. The lowest BCUT2D eigenvalue weighted by atomic mass is 9.93. The lowest BCUT2D eigenvalue weighted by Crippen LogP contribution is -2.04. The van der Waals surface area contributed by atoms with Crippen molar-refractivity contribution in [1.82, 2.24) is 14.5 Å². The minimum Gasteiger partial charge on any atom is -0.351 e. The summed E-state index contributed by atoms with van der Waals surface area (Å²) in [5.74, 6) is 0.0387. The first-order valence-corrected chi connectivity index (χ1v) is 9.96. The van der Waals surface area contributed by atoms with Gasteiger partial charge in [-0.15, -0.1) is 0 Å². The Kier molecular flexibility index (Phi) is 4.52. The lowest BCUT2D eigenvalue weighted by molar-refractivity contribution is 0.103. The quantitative estimate of drug-likeness (QED) is 0.395. The standard InChI is InChI=1S/C26H21N3O/c1-18-7-2-4-10-21(18)26(30)25-16-29(14-20-13-27-17-28-20)15-24(25)23-12-6-9-19-8-3-5-11-22(19)23/h2-13,15-17H,14H2,1H3,(H,27,28). The summed E-state index contributed by atoms with van der Waals surface area (Å²) in [4.78, 5) is 20.9. The van der Waals surface area contributed by atoms with Gasteiger partial charge in [-0.25, -0.2) is 4.98 Å². The van der Waals surface area contributed by atoms with Gasteiger partial charge in [-0.05, 0) is 28.8 Å². The van der Waals surface area contributed by atoms with Crippen molar-refractivity contribution in [1.29, 1.82) is 0 Å². The van der Waals surface area contributed by atoms with E-state index in [-0.39, 0.29) is 5.78 Å². The van der Waals surface area contributed by atoms with Crippen LogP contribution in [-0.2, 0) is 6.54 Å². The molecule has 0 aliphatic heterocycles. The molecule has 30 heavy (non-hydrogen) atoms. The first kappa shape index (κ1) is 18.1. The Hall–Kier alpha value is -3.92. The Morgan fingerprint density at radius 3 is 2.53 bits per heavy atom. The van der Waals surface area contributed by atoms with E-state index in [1.165, 1.54) is 0 Å². The number of ketones is 1. The first-order valence-electron chi connectivity index (χ1n) is 9.96. The fourth-order valence-electron chi connectivity index (χ4n) is 3.99. The summed E-state index contributed by atoms with van der Waals surface area (Å²) >= 11 is 0. The van der Waals surface area contributed by atoms with Crippen molar-refractivity contribution in [2.45, 2.75) is 13.5 Å². The van der Waals surface area contributed by atoms with Crippen molar-refractivity contribution in [3.8, 4) is 11.1 Å². The number of fused-ring (bicyclic) bond motifs is 1. The summed E-state index contributed by atoms with van der Waals surface area (Å²) in [6.07, 6.45) is 7.55. The minimum absolute atomic E-state index is 0.0387. The highest BCUT2D eigenvalue weighted by atomic mass is 16.1. The smallest absolute Gasteiger partial charge is 0.195 e. The number of aromatic nitrogens is 3. The number of aryl methyl sites for hydroxylation is 1. The number of nitrogens with zero attached hydrogens (tertiary/aromatic N) is 2. The second-order valence-electron chi connectivity index (χ2n) is 7.49. The molecule has 0 aliphatic carbocycles. The highest BCUT2D eigenvalue weighted by molar-refractivity contribution is 6.15. The number of aromatic amines is 1. The second-order valence-corrected chi connectivity index (χ2v) is 7.49. The molecule has 146 valence electrons. The molecule has 5 rings (SSSR count). The maximum atomic E-state index is 13.6. The summed E-state index contributed by atoms with van der Waals surface area (Å²) in [5, 5.41) is 2.29. The molecule has 0 amide bonds. The Balaban J connectivity index is 1.69. The van der Waals surface area contributed by atoms with Crippen molar-refractivity contribution < 1.29 is 4.79 Å². The highest BCUT2D eigenvalue weighted by Gasteiger charge is 2.20. The molecule has 0 fully saturated rings. The number of imidazole rings is 1. The number of hydrogen-bond donors (Lipinski definition) is 1. The number of carbonyl (C=O) groups excluding carboxylic acids is 1. The number of hydrogen-bond acceptors (Lipinski definition) is 2. The van der Waals surface area contributed by atoms with E-state index in [4.69, 9.17) is 0 Å². The molecule has 0 radical (unpaired) electrons. The SMILES string of the molecule is Cc1ccccc1C(=O)c1cn(Cc2c[nH]cn2)cc1-c1cccc2ccccc12. The maximum Gasteiger partial charge on any atom is 0.195 e. The van der Waals surface area contributed by atoms with Gasteiger partial charge in [0.15, 0.2) is 5.78 Å². The molecular formula is C26H21N3O. The van der Waals surface area contributed by atoms with Gasteiger partial charge in [-0.2, -0.15) is 0 Å². The average Bonchev–Trinajstić information content (AvgIpc) is 3.43. The summed E-state index contributed by atoms with van der Waals surface area (Å²) in [7, 11) is 0. The van der Waals surface area contributed by atoms with E-state index in [1.807, 2.05) is 66.3 Å². The number of rotatable bonds is 5. The van der Waals surface area contributed by atoms with Gasteiger partial charge in [0.2, 0.25) is 0 Å². The van der Waals surface area contributed by atoms with Crippen LogP contribution in [0, 0.1) is 6.92 Å². The molecule has 2 aromatic heterocycles. The number of H-pyrrole nitrogens is 1. The van der Waals surface area contributed by atoms with Gasteiger partial charge in [0, 0.05) is 35.3 Å². The van der Waals surface area contributed by atoms with Crippen LogP contribution in [0.4, 0.5) is 0 Å². The van der Waals surface area contributed by atoms with Crippen LogP contribution in [0.1, 0.15) is 27.2 Å². The Morgan fingerprint density at radius 2 is 1.70 bits per heavy atom. The van der Waals surface area contributed by atoms with E-state index in [0.717, 1.165) is 38.7 Å². The molecule has 0 saturated carbocycles. The largest absolute Gasteiger partial charge is 0.351 e. The zero-order valence-corrected chi connectivity index (χ0v) is 16.7. The Labute approximate surface area is 174 Å². The van der Waals surface area contributed by atoms with Crippen LogP contribution >= 0.6 is 0 Å². The summed E-state index contributed by atoms with van der Waals surface area (Å²) in [6.45, 7) is 2.58. The van der Waals surface area contributed by atoms with Crippen LogP contribution in [0.25, 0.3) is 21.9 Å². The summed E-state index contributed by atoms with van der Waals surface area (Å²) in [6, 6.07) is 22.3. The maximum absolute atomic E-state index is 13.6. The third kappa shape index (κ3) is 3.22. The van der Waals surface area contributed by atoms with Crippen LogP contribution in [0.3, 0.4) is 0 Å². The molecule has 2 heterocycles. The number of carbonyl (C=O) groups is 1. The molecule has 0 atom stereocenters. The van der Waals surface area contributed by atoms with Crippen molar-refractivity contribution in [2.24, 2.45) is 0 Å². The predicted octanol–water partition coefficient (Wildman–Crippen LogP) is 5.62. The van der Waals surface area contributed by atoms with Gasteiger partial charge >= 0.3 is 0 Å². The van der Waals surface area contributed by atoms with Gasteiger partial charge < -0.3 is 9.55 Å². The average molecular weight is 391 g/mol. The molecule has 4 nitrogen and oxygen atoms in total. The zero-order valence-electron chi connectivity index (χ0n) is 16.7. The molecule has 1 N–H and O–H groups in total. The fraction of sp³-hybridized carbons (Fsp3) is 0.0769. The fourth-order valence-corrected chi connectivity index (χ4v) is 3.99. The first-order chi connectivity index (χ1) is 14.7. The van der Waals surface area contributed by atoms with Gasteiger partial charge in [0.25, 0.3) is 0 Å². The van der Waals surface area contributed by atoms with Crippen LogP contribution in [0.5, 0.6) is 0 Å².